The van der Waals surface area contributed by atoms with Crippen LogP contribution in [0.5, 0.6) is 11.5 Å². The summed E-state index contributed by atoms with van der Waals surface area (Å²) in [5, 5.41) is 3.10. The van der Waals surface area contributed by atoms with E-state index in [-0.39, 0.29) is 4.90 Å². The zero-order chi connectivity index (χ0) is 16.3. The van der Waals surface area contributed by atoms with Crippen LogP contribution in [0.1, 0.15) is 6.42 Å². The van der Waals surface area contributed by atoms with Crippen molar-refractivity contribution in [3.8, 4) is 11.5 Å². The number of sulfonamides is 1. The fraction of sp³-hybridized carbons (Fsp3) is 0.571. The van der Waals surface area contributed by atoms with Gasteiger partial charge in [0.05, 0.1) is 14.2 Å². The lowest BCUT2D eigenvalue weighted by molar-refractivity contribution is 0.353. The quantitative estimate of drug-likeness (QED) is 0.797. The van der Waals surface area contributed by atoms with Gasteiger partial charge in [-0.15, -0.1) is 0 Å². The van der Waals surface area contributed by atoms with E-state index in [1.807, 2.05) is 7.05 Å². The van der Waals surface area contributed by atoms with Gasteiger partial charge >= 0.3 is 0 Å². The maximum atomic E-state index is 12.9. The smallest absolute Gasteiger partial charge is 0.244 e. The van der Waals surface area contributed by atoms with Crippen LogP contribution in [-0.2, 0) is 10.0 Å². The highest BCUT2D eigenvalue weighted by molar-refractivity contribution is 9.10. The van der Waals surface area contributed by atoms with Gasteiger partial charge in [0.2, 0.25) is 10.0 Å². The van der Waals surface area contributed by atoms with E-state index in [0.29, 0.717) is 35.0 Å². The van der Waals surface area contributed by atoms with Gasteiger partial charge in [-0.1, -0.05) is 0 Å². The highest BCUT2D eigenvalue weighted by atomic mass is 79.9. The first-order valence-electron chi connectivity index (χ1n) is 7.00. The van der Waals surface area contributed by atoms with Crippen molar-refractivity contribution in [1.82, 2.24) is 9.62 Å². The standard InChI is InChI=1S/C14H21BrN2O4S/c1-16-8-10-4-5-17(9-10)22(18,19)14-7-13(21-3)12(20-2)6-11(14)15/h6-7,10,16H,4-5,8-9H2,1-3H3/t10-/m1/s1. The van der Waals surface area contributed by atoms with Crippen LogP contribution in [-0.4, -0.2) is 53.6 Å². The van der Waals surface area contributed by atoms with Gasteiger partial charge in [0, 0.05) is 23.6 Å². The van der Waals surface area contributed by atoms with E-state index in [4.69, 9.17) is 9.47 Å². The van der Waals surface area contributed by atoms with Gasteiger partial charge in [-0.3, -0.25) is 0 Å². The molecule has 124 valence electrons. The fourth-order valence-corrected chi connectivity index (χ4v) is 5.17. The molecule has 8 heteroatoms. The molecule has 2 rings (SSSR count). The number of benzene rings is 1. The molecular weight excluding hydrogens is 372 g/mol. The molecular formula is C14H21BrN2O4S. The van der Waals surface area contributed by atoms with Crippen molar-refractivity contribution in [2.24, 2.45) is 5.92 Å². The maximum Gasteiger partial charge on any atom is 0.244 e. The third kappa shape index (κ3) is 3.40. The molecule has 1 saturated heterocycles. The number of nitrogens with zero attached hydrogens (tertiary/aromatic N) is 1. The van der Waals surface area contributed by atoms with Crippen LogP contribution in [0.15, 0.2) is 21.5 Å². The Morgan fingerprint density at radius 2 is 1.95 bits per heavy atom. The van der Waals surface area contributed by atoms with Gasteiger partial charge in [-0.2, -0.15) is 4.31 Å². The Kier molecular flexibility index (Phi) is 5.70. The number of rotatable bonds is 6. The molecule has 1 aliphatic heterocycles. The Balaban J connectivity index is 2.34. The van der Waals surface area contributed by atoms with Crippen molar-refractivity contribution in [2.75, 3.05) is 40.9 Å². The zero-order valence-corrected chi connectivity index (χ0v) is 15.3. The molecule has 0 aliphatic carbocycles. The first-order chi connectivity index (χ1) is 10.4. The molecule has 0 bridgehead atoms. The topological polar surface area (TPSA) is 67.9 Å². The van der Waals surface area contributed by atoms with E-state index in [9.17, 15) is 8.42 Å². The minimum Gasteiger partial charge on any atom is -0.493 e. The third-order valence-electron chi connectivity index (χ3n) is 3.80. The fourth-order valence-electron chi connectivity index (χ4n) is 2.64. The number of halogens is 1. The van der Waals surface area contributed by atoms with Crippen molar-refractivity contribution in [3.63, 3.8) is 0 Å². The SMILES string of the molecule is CNC[C@H]1CCN(S(=O)(=O)c2cc(OC)c(OC)cc2Br)C1. The summed E-state index contributed by atoms with van der Waals surface area (Å²) >= 11 is 3.33. The molecule has 1 aromatic rings. The highest BCUT2D eigenvalue weighted by Gasteiger charge is 2.34. The molecule has 1 heterocycles. The number of hydrogen-bond acceptors (Lipinski definition) is 5. The van der Waals surface area contributed by atoms with E-state index in [0.717, 1.165) is 13.0 Å². The average molecular weight is 393 g/mol. The van der Waals surface area contributed by atoms with Gasteiger partial charge in [-0.25, -0.2) is 8.42 Å². The normalized spacial score (nSPS) is 19.4. The molecule has 0 saturated carbocycles. The van der Waals surface area contributed by atoms with Gasteiger partial charge in [-0.05, 0) is 47.9 Å². The summed E-state index contributed by atoms with van der Waals surface area (Å²) in [6.45, 7) is 1.89. The van der Waals surface area contributed by atoms with Crippen LogP contribution in [0.25, 0.3) is 0 Å². The minimum absolute atomic E-state index is 0.204. The number of hydrogen-bond donors (Lipinski definition) is 1. The molecule has 0 radical (unpaired) electrons. The second-order valence-electron chi connectivity index (χ2n) is 5.21. The first-order valence-corrected chi connectivity index (χ1v) is 9.23. The summed E-state index contributed by atoms with van der Waals surface area (Å²) in [6.07, 6.45) is 0.866. The molecule has 1 N–H and O–H groups in total. The lowest BCUT2D eigenvalue weighted by Crippen LogP contribution is -2.30. The summed E-state index contributed by atoms with van der Waals surface area (Å²) in [5.41, 5.74) is 0. The molecule has 1 aliphatic rings. The van der Waals surface area contributed by atoms with E-state index in [1.54, 1.807) is 6.07 Å². The second-order valence-corrected chi connectivity index (χ2v) is 7.97. The summed E-state index contributed by atoms with van der Waals surface area (Å²) in [5.74, 6) is 1.23. The molecule has 0 amide bonds. The Bertz CT molecular complexity index is 636. The minimum atomic E-state index is -3.56. The third-order valence-corrected chi connectivity index (χ3v) is 6.62. The Morgan fingerprint density at radius 1 is 1.32 bits per heavy atom. The van der Waals surface area contributed by atoms with Crippen LogP contribution < -0.4 is 14.8 Å². The number of ether oxygens (including phenoxy) is 2. The maximum absolute atomic E-state index is 12.9. The van der Waals surface area contributed by atoms with E-state index < -0.39 is 10.0 Å². The van der Waals surface area contributed by atoms with Crippen LogP contribution in [0.2, 0.25) is 0 Å². The summed E-state index contributed by atoms with van der Waals surface area (Å²) < 4.78 is 38.1. The van der Waals surface area contributed by atoms with E-state index >= 15 is 0 Å². The van der Waals surface area contributed by atoms with Crippen molar-refractivity contribution >= 4 is 26.0 Å². The number of methoxy groups -OCH3 is 2. The van der Waals surface area contributed by atoms with Gasteiger partial charge in [0.15, 0.2) is 11.5 Å². The average Bonchev–Trinajstić information content (AvgIpc) is 2.96. The highest BCUT2D eigenvalue weighted by Crippen LogP contribution is 2.37. The van der Waals surface area contributed by atoms with E-state index in [2.05, 4.69) is 21.2 Å². The molecule has 0 spiro atoms. The van der Waals surface area contributed by atoms with Crippen molar-refractivity contribution in [3.05, 3.63) is 16.6 Å². The van der Waals surface area contributed by atoms with E-state index in [1.165, 1.54) is 24.6 Å². The Morgan fingerprint density at radius 3 is 2.55 bits per heavy atom. The van der Waals surface area contributed by atoms with Gasteiger partial charge in [0.25, 0.3) is 0 Å². The van der Waals surface area contributed by atoms with Gasteiger partial charge in [0.1, 0.15) is 4.90 Å². The first kappa shape index (κ1) is 17.5. The molecule has 0 unspecified atom stereocenters. The molecule has 6 nitrogen and oxygen atoms in total. The molecule has 1 aromatic carbocycles. The monoisotopic (exact) mass is 392 g/mol. The summed E-state index contributed by atoms with van der Waals surface area (Å²) in [7, 11) is 1.32. The van der Waals surface area contributed by atoms with Crippen LogP contribution >= 0.6 is 15.9 Å². The lowest BCUT2D eigenvalue weighted by Gasteiger charge is -2.19. The summed E-state index contributed by atoms with van der Waals surface area (Å²) in [4.78, 5) is 0.204. The van der Waals surface area contributed by atoms with Crippen LogP contribution in [0.3, 0.4) is 0 Å². The lowest BCUT2D eigenvalue weighted by atomic mass is 10.1. The molecule has 1 fully saturated rings. The Labute approximate surface area is 140 Å². The van der Waals surface area contributed by atoms with Crippen molar-refractivity contribution in [2.45, 2.75) is 11.3 Å². The molecule has 22 heavy (non-hydrogen) atoms. The predicted molar refractivity (Wildman–Crippen MR) is 88.0 cm³/mol. The molecule has 0 aromatic heterocycles. The largest absolute Gasteiger partial charge is 0.493 e. The van der Waals surface area contributed by atoms with Crippen LogP contribution in [0, 0.1) is 5.92 Å². The van der Waals surface area contributed by atoms with Crippen molar-refractivity contribution < 1.29 is 17.9 Å². The summed E-state index contributed by atoms with van der Waals surface area (Å²) in [6, 6.07) is 3.12. The molecule has 1 atom stereocenters. The Hall–Kier alpha value is -0.830. The second kappa shape index (κ2) is 7.16. The number of nitrogens with one attached hydrogen (secondary N) is 1. The van der Waals surface area contributed by atoms with Crippen molar-refractivity contribution in [1.29, 1.82) is 0 Å². The van der Waals surface area contributed by atoms with Gasteiger partial charge < -0.3 is 14.8 Å². The predicted octanol–water partition coefficient (Wildman–Crippen LogP) is 1.70. The zero-order valence-electron chi connectivity index (χ0n) is 12.9. The van der Waals surface area contributed by atoms with Crippen LogP contribution in [0.4, 0.5) is 0 Å².